The van der Waals surface area contributed by atoms with Crippen LogP contribution in [0.2, 0.25) is 0 Å². The van der Waals surface area contributed by atoms with Gasteiger partial charge in [-0.05, 0) is 43.5 Å². The van der Waals surface area contributed by atoms with Crippen molar-refractivity contribution in [2.45, 2.75) is 24.2 Å². The highest BCUT2D eigenvalue weighted by atomic mass is 35.5. The summed E-state index contributed by atoms with van der Waals surface area (Å²) in [5, 5.41) is 0. The van der Waals surface area contributed by atoms with Crippen LogP contribution in [0, 0.1) is 5.92 Å². The van der Waals surface area contributed by atoms with Crippen LogP contribution in [0.4, 0.5) is 0 Å². The van der Waals surface area contributed by atoms with Crippen LogP contribution in [0.1, 0.15) is 19.3 Å². The smallest absolute Gasteiger partial charge is 0.223 e. The molecule has 1 amide bonds. The van der Waals surface area contributed by atoms with E-state index in [1.807, 2.05) is 23.1 Å². The van der Waals surface area contributed by atoms with Gasteiger partial charge in [0.15, 0.2) is 11.5 Å². The number of carbonyl (C=O) groups excluding carboxylic acids is 1. The maximum Gasteiger partial charge on any atom is 0.223 e. The van der Waals surface area contributed by atoms with Crippen LogP contribution in [0.5, 0.6) is 11.5 Å². The molecule has 2 aliphatic heterocycles. The molecule has 0 saturated carbocycles. The molecule has 2 aliphatic rings. The molecule has 2 heterocycles. The van der Waals surface area contributed by atoms with Gasteiger partial charge in [-0.2, -0.15) is 0 Å². The van der Waals surface area contributed by atoms with Crippen molar-refractivity contribution in [2.75, 3.05) is 38.6 Å². The Morgan fingerprint density at radius 2 is 1.92 bits per heavy atom. The molecule has 0 atom stereocenters. The van der Waals surface area contributed by atoms with Crippen molar-refractivity contribution >= 4 is 30.1 Å². The van der Waals surface area contributed by atoms with E-state index in [9.17, 15) is 4.79 Å². The summed E-state index contributed by atoms with van der Waals surface area (Å²) in [6, 6.07) is 5.96. The summed E-state index contributed by atoms with van der Waals surface area (Å²) in [7, 11) is 0. The lowest BCUT2D eigenvalue weighted by molar-refractivity contribution is -0.132. The number of nitrogens with zero attached hydrogens (tertiary/aromatic N) is 1. The molecular weight excluding hydrogens is 348 g/mol. The Morgan fingerprint density at radius 1 is 1.21 bits per heavy atom. The van der Waals surface area contributed by atoms with Crippen molar-refractivity contribution in [1.82, 2.24) is 4.90 Å². The van der Waals surface area contributed by atoms with Crippen molar-refractivity contribution < 1.29 is 14.3 Å². The van der Waals surface area contributed by atoms with Crippen molar-refractivity contribution in [1.29, 1.82) is 0 Å². The molecule has 1 aromatic carbocycles. The summed E-state index contributed by atoms with van der Waals surface area (Å²) in [6.45, 7) is 3.65. The van der Waals surface area contributed by atoms with E-state index < -0.39 is 0 Å². The van der Waals surface area contributed by atoms with Gasteiger partial charge in [-0.1, -0.05) is 0 Å². The standard InChI is InChI=1S/C17H24N2O3S.ClH/c18-12-13-3-6-19(7-4-13)17(20)5-10-23-14-1-2-15-16(11-14)22-9-8-21-15;/h1-2,11,13H,3-10,12,18H2;1H. The Bertz CT molecular complexity index is 551. The maximum atomic E-state index is 12.3. The molecule has 134 valence electrons. The molecule has 7 heteroatoms. The molecular formula is C17H25ClN2O3S. The van der Waals surface area contributed by atoms with Crippen molar-refractivity contribution in [2.24, 2.45) is 11.7 Å². The second-order valence-electron chi connectivity index (χ2n) is 5.96. The minimum Gasteiger partial charge on any atom is -0.486 e. The molecule has 1 fully saturated rings. The summed E-state index contributed by atoms with van der Waals surface area (Å²) < 4.78 is 11.1. The fraction of sp³-hybridized carbons (Fsp3) is 0.588. The number of ether oxygens (including phenoxy) is 2. The molecule has 0 bridgehead atoms. The number of hydrogen-bond donors (Lipinski definition) is 1. The number of nitrogens with two attached hydrogens (primary N) is 1. The zero-order valence-corrected chi connectivity index (χ0v) is 15.4. The van der Waals surface area contributed by atoms with Gasteiger partial charge < -0.3 is 20.1 Å². The third kappa shape index (κ3) is 4.94. The van der Waals surface area contributed by atoms with Gasteiger partial charge in [0.05, 0.1) is 0 Å². The van der Waals surface area contributed by atoms with Crippen molar-refractivity contribution in [3.05, 3.63) is 18.2 Å². The normalized spacial score (nSPS) is 17.3. The quantitative estimate of drug-likeness (QED) is 0.805. The fourth-order valence-electron chi connectivity index (χ4n) is 2.95. The average molecular weight is 373 g/mol. The lowest BCUT2D eigenvalue weighted by Crippen LogP contribution is -2.40. The summed E-state index contributed by atoms with van der Waals surface area (Å²) in [5.41, 5.74) is 5.69. The number of benzene rings is 1. The Hall–Kier alpha value is -1.11. The van der Waals surface area contributed by atoms with Crippen molar-refractivity contribution in [3.8, 4) is 11.5 Å². The van der Waals surface area contributed by atoms with Gasteiger partial charge >= 0.3 is 0 Å². The number of amides is 1. The van der Waals surface area contributed by atoms with Crippen LogP contribution in [-0.2, 0) is 4.79 Å². The third-order valence-electron chi connectivity index (χ3n) is 4.40. The van der Waals surface area contributed by atoms with Crippen LogP contribution in [-0.4, -0.2) is 49.4 Å². The van der Waals surface area contributed by atoms with Crippen LogP contribution in [0.25, 0.3) is 0 Å². The van der Waals surface area contributed by atoms with Gasteiger partial charge in [0.2, 0.25) is 5.91 Å². The molecule has 3 rings (SSSR count). The van der Waals surface area contributed by atoms with E-state index in [-0.39, 0.29) is 18.3 Å². The largest absolute Gasteiger partial charge is 0.486 e. The van der Waals surface area contributed by atoms with Gasteiger partial charge in [-0.3, -0.25) is 4.79 Å². The lowest BCUT2D eigenvalue weighted by Gasteiger charge is -2.31. The van der Waals surface area contributed by atoms with E-state index in [0.717, 1.165) is 54.6 Å². The van der Waals surface area contributed by atoms with E-state index in [1.165, 1.54) is 0 Å². The highest BCUT2D eigenvalue weighted by Crippen LogP contribution is 2.34. The highest BCUT2D eigenvalue weighted by Gasteiger charge is 2.21. The van der Waals surface area contributed by atoms with E-state index in [0.29, 0.717) is 25.6 Å². The lowest BCUT2D eigenvalue weighted by atomic mass is 9.97. The molecule has 5 nitrogen and oxygen atoms in total. The molecule has 0 spiro atoms. The van der Waals surface area contributed by atoms with E-state index in [4.69, 9.17) is 15.2 Å². The highest BCUT2D eigenvalue weighted by molar-refractivity contribution is 7.99. The number of piperidine rings is 1. The van der Waals surface area contributed by atoms with Crippen LogP contribution >= 0.6 is 24.2 Å². The number of thioether (sulfide) groups is 1. The number of hydrogen-bond acceptors (Lipinski definition) is 5. The summed E-state index contributed by atoms with van der Waals surface area (Å²) in [5.74, 6) is 3.24. The predicted molar refractivity (Wildman–Crippen MR) is 98.4 cm³/mol. The molecule has 0 aromatic heterocycles. The number of fused-ring (bicyclic) bond motifs is 1. The number of likely N-dealkylation sites (tertiary alicyclic amines) is 1. The summed E-state index contributed by atoms with van der Waals surface area (Å²) >= 11 is 1.69. The molecule has 0 unspecified atom stereocenters. The van der Waals surface area contributed by atoms with Gasteiger partial charge in [-0.25, -0.2) is 0 Å². The van der Waals surface area contributed by atoms with Gasteiger partial charge in [0, 0.05) is 30.2 Å². The van der Waals surface area contributed by atoms with Crippen molar-refractivity contribution in [3.63, 3.8) is 0 Å². The first-order chi connectivity index (χ1) is 11.3. The topological polar surface area (TPSA) is 64.8 Å². The second kappa shape index (κ2) is 9.39. The summed E-state index contributed by atoms with van der Waals surface area (Å²) in [4.78, 5) is 15.4. The minimum atomic E-state index is 0. The fourth-order valence-corrected chi connectivity index (χ4v) is 3.81. The molecule has 0 aliphatic carbocycles. The summed E-state index contributed by atoms with van der Waals surface area (Å²) in [6.07, 6.45) is 2.65. The SMILES string of the molecule is Cl.NCC1CCN(C(=O)CCSc2ccc3c(c2)OCCO3)CC1. The predicted octanol–water partition coefficient (Wildman–Crippen LogP) is 2.56. The first kappa shape index (κ1) is 19.2. The zero-order chi connectivity index (χ0) is 16.1. The first-order valence-corrected chi connectivity index (χ1v) is 9.25. The van der Waals surface area contributed by atoms with Crippen LogP contribution in [0.15, 0.2) is 23.1 Å². The molecule has 24 heavy (non-hydrogen) atoms. The number of rotatable bonds is 5. The third-order valence-corrected chi connectivity index (χ3v) is 5.39. The van der Waals surface area contributed by atoms with Crippen LogP contribution in [0.3, 0.4) is 0 Å². The van der Waals surface area contributed by atoms with E-state index in [1.54, 1.807) is 11.8 Å². The van der Waals surface area contributed by atoms with E-state index in [2.05, 4.69) is 0 Å². The molecule has 1 aromatic rings. The maximum absolute atomic E-state index is 12.3. The Kier molecular flexibility index (Phi) is 7.52. The molecule has 0 radical (unpaired) electrons. The first-order valence-electron chi connectivity index (χ1n) is 8.26. The average Bonchev–Trinajstić information content (AvgIpc) is 2.61. The monoisotopic (exact) mass is 372 g/mol. The Balaban J connectivity index is 0.00000208. The number of halogens is 1. The molecule has 2 N–H and O–H groups in total. The molecule has 1 saturated heterocycles. The van der Waals surface area contributed by atoms with Gasteiger partial charge in [0.25, 0.3) is 0 Å². The van der Waals surface area contributed by atoms with Gasteiger partial charge in [0.1, 0.15) is 13.2 Å². The zero-order valence-electron chi connectivity index (χ0n) is 13.7. The number of carbonyl (C=O) groups is 1. The Labute approximate surface area is 153 Å². The second-order valence-corrected chi connectivity index (χ2v) is 7.13. The van der Waals surface area contributed by atoms with Crippen LogP contribution < -0.4 is 15.2 Å². The minimum absolute atomic E-state index is 0. The Morgan fingerprint density at radius 3 is 2.62 bits per heavy atom. The van der Waals surface area contributed by atoms with E-state index >= 15 is 0 Å². The van der Waals surface area contributed by atoms with Gasteiger partial charge in [-0.15, -0.1) is 24.2 Å².